The largest absolute Gasteiger partial charge is 0.357 e. The van der Waals surface area contributed by atoms with Gasteiger partial charge in [0.25, 0.3) is 0 Å². The minimum atomic E-state index is 0.628. The topological polar surface area (TPSA) is 82.1 Å². The number of fused-ring (bicyclic) bond motifs is 1. The van der Waals surface area contributed by atoms with E-state index in [1.165, 1.54) is 5.56 Å². The van der Waals surface area contributed by atoms with Crippen molar-refractivity contribution in [2.75, 3.05) is 56.4 Å². The first-order valence-corrected chi connectivity index (χ1v) is 8.56. The van der Waals surface area contributed by atoms with Crippen molar-refractivity contribution in [3.63, 3.8) is 0 Å². The summed E-state index contributed by atoms with van der Waals surface area (Å²) in [4.78, 5) is 22.3. The van der Waals surface area contributed by atoms with E-state index in [4.69, 9.17) is 9.97 Å². The Morgan fingerprint density at radius 3 is 2.48 bits per heavy atom. The Bertz CT molecular complexity index is 713. The highest BCUT2D eigenvalue weighted by Crippen LogP contribution is 2.26. The standard InChI is InChI=1S/C17H26N8/c1-18-16-20-9-12(10-21-16)11-25(4)15-13-5-7-19-8-6-14(13)22-17(23-15)24(2)3/h9-10,19H,5-8,11H2,1-4H3,(H,18,20,21). The van der Waals surface area contributed by atoms with Crippen LogP contribution in [0.15, 0.2) is 12.4 Å². The molecule has 0 spiro atoms. The zero-order valence-corrected chi connectivity index (χ0v) is 15.4. The molecule has 0 fully saturated rings. The molecular weight excluding hydrogens is 316 g/mol. The van der Waals surface area contributed by atoms with E-state index >= 15 is 0 Å². The number of hydrogen-bond acceptors (Lipinski definition) is 8. The molecule has 25 heavy (non-hydrogen) atoms. The van der Waals surface area contributed by atoms with Crippen LogP contribution in [0.25, 0.3) is 0 Å². The summed E-state index contributed by atoms with van der Waals surface area (Å²) >= 11 is 0. The van der Waals surface area contributed by atoms with Gasteiger partial charge in [-0.2, -0.15) is 4.98 Å². The van der Waals surface area contributed by atoms with Gasteiger partial charge in [0, 0.05) is 71.2 Å². The lowest BCUT2D eigenvalue weighted by Crippen LogP contribution is -2.24. The van der Waals surface area contributed by atoms with Gasteiger partial charge in [-0.3, -0.25) is 0 Å². The van der Waals surface area contributed by atoms with E-state index in [1.54, 1.807) is 0 Å². The van der Waals surface area contributed by atoms with Crippen molar-refractivity contribution in [1.29, 1.82) is 0 Å². The first-order valence-electron chi connectivity index (χ1n) is 8.56. The molecule has 2 aromatic rings. The molecule has 0 atom stereocenters. The van der Waals surface area contributed by atoms with E-state index < -0.39 is 0 Å². The number of anilines is 3. The van der Waals surface area contributed by atoms with Crippen LogP contribution in [0.1, 0.15) is 16.8 Å². The summed E-state index contributed by atoms with van der Waals surface area (Å²) in [6.07, 6.45) is 5.57. The molecule has 0 unspecified atom stereocenters. The molecule has 0 saturated heterocycles. The Hall–Kier alpha value is -2.48. The minimum absolute atomic E-state index is 0.628. The molecule has 8 heteroatoms. The average Bonchev–Trinajstić information content (AvgIpc) is 2.86. The van der Waals surface area contributed by atoms with Crippen LogP contribution in [-0.2, 0) is 19.4 Å². The molecule has 0 radical (unpaired) electrons. The highest BCUT2D eigenvalue weighted by molar-refractivity contribution is 5.53. The molecule has 1 aliphatic heterocycles. The maximum Gasteiger partial charge on any atom is 0.227 e. The van der Waals surface area contributed by atoms with Crippen LogP contribution in [0.2, 0.25) is 0 Å². The predicted octanol–water partition coefficient (Wildman–Crippen LogP) is 0.699. The number of hydrogen-bond donors (Lipinski definition) is 2. The van der Waals surface area contributed by atoms with Gasteiger partial charge < -0.3 is 20.4 Å². The lowest BCUT2D eigenvalue weighted by atomic mass is 10.1. The Labute approximate surface area is 148 Å². The molecule has 0 saturated carbocycles. The maximum atomic E-state index is 4.82. The molecule has 0 bridgehead atoms. The summed E-state index contributed by atoms with van der Waals surface area (Å²) in [5.41, 5.74) is 3.44. The van der Waals surface area contributed by atoms with E-state index in [1.807, 2.05) is 38.4 Å². The van der Waals surface area contributed by atoms with Crippen LogP contribution in [0.5, 0.6) is 0 Å². The van der Waals surface area contributed by atoms with Crippen molar-refractivity contribution in [1.82, 2.24) is 25.3 Å². The maximum absolute atomic E-state index is 4.82. The SMILES string of the molecule is CNc1ncc(CN(C)c2nc(N(C)C)nc3c2CCNCC3)cn1. The first kappa shape index (κ1) is 17.3. The van der Waals surface area contributed by atoms with Crippen LogP contribution in [0, 0.1) is 0 Å². The fourth-order valence-electron chi connectivity index (χ4n) is 2.94. The third-order valence-electron chi connectivity index (χ3n) is 4.26. The lowest BCUT2D eigenvalue weighted by Gasteiger charge is -2.24. The zero-order chi connectivity index (χ0) is 17.8. The molecule has 3 rings (SSSR count). The van der Waals surface area contributed by atoms with Gasteiger partial charge in [0.1, 0.15) is 5.82 Å². The lowest BCUT2D eigenvalue weighted by molar-refractivity contribution is 0.708. The summed E-state index contributed by atoms with van der Waals surface area (Å²) in [6, 6.07) is 0. The second kappa shape index (κ2) is 7.60. The Balaban J connectivity index is 1.91. The van der Waals surface area contributed by atoms with Gasteiger partial charge >= 0.3 is 0 Å². The summed E-state index contributed by atoms with van der Waals surface area (Å²) < 4.78 is 0. The van der Waals surface area contributed by atoms with Crippen LogP contribution >= 0.6 is 0 Å². The van der Waals surface area contributed by atoms with Gasteiger partial charge in [-0.15, -0.1) is 0 Å². The summed E-state index contributed by atoms with van der Waals surface area (Å²) in [6.45, 7) is 2.62. The molecule has 2 N–H and O–H groups in total. The third-order valence-corrected chi connectivity index (χ3v) is 4.26. The monoisotopic (exact) mass is 342 g/mol. The highest BCUT2D eigenvalue weighted by atomic mass is 15.3. The van der Waals surface area contributed by atoms with Crippen molar-refractivity contribution >= 4 is 17.7 Å². The number of aromatic nitrogens is 4. The molecule has 134 valence electrons. The van der Waals surface area contributed by atoms with Gasteiger partial charge in [-0.1, -0.05) is 0 Å². The van der Waals surface area contributed by atoms with Crippen LogP contribution in [-0.4, -0.2) is 61.2 Å². The molecule has 2 aromatic heterocycles. The minimum Gasteiger partial charge on any atom is -0.357 e. The summed E-state index contributed by atoms with van der Waals surface area (Å²) in [5.74, 6) is 2.38. The molecule has 8 nitrogen and oxygen atoms in total. The summed E-state index contributed by atoms with van der Waals surface area (Å²) in [7, 11) is 7.83. The van der Waals surface area contributed by atoms with Crippen molar-refractivity contribution in [3.05, 3.63) is 29.2 Å². The Kier molecular flexibility index (Phi) is 5.28. The van der Waals surface area contributed by atoms with Crippen molar-refractivity contribution in [2.24, 2.45) is 0 Å². The molecule has 3 heterocycles. The predicted molar refractivity (Wildman–Crippen MR) is 100 cm³/mol. The van der Waals surface area contributed by atoms with Gasteiger partial charge in [-0.25, -0.2) is 15.0 Å². The van der Waals surface area contributed by atoms with Crippen molar-refractivity contribution < 1.29 is 0 Å². The fourth-order valence-corrected chi connectivity index (χ4v) is 2.94. The van der Waals surface area contributed by atoms with Gasteiger partial charge in [0.05, 0.1) is 5.69 Å². The fraction of sp³-hybridized carbons (Fsp3) is 0.529. The van der Waals surface area contributed by atoms with Gasteiger partial charge in [0.2, 0.25) is 11.9 Å². The zero-order valence-electron chi connectivity index (χ0n) is 15.4. The van der Waals surface area contributed by atoms with Gasteiger partial charge in [0.15, 0.2) is 0 Å². The number of nitrogens with zero attached hydrogens (tertiary/aromatic N) is 6. The van der Waals surface area contributed by atoms with Crippen LogP contribution in [0.4, 0.5) is 17.7 Å². The van der Waals surface area contributed by atoms with E-state index in [0.29, 0.717) is 12.5 Å². The molecule has 1 aliphatic rings. The van der Waals surface area contributed by atoms with Crippen LogP contribution < -0.4 is 20.4 Å². The quantitative estimate of drug-likeness (QED) is 0.822. The van der Waals surface area contributed by atoms with Crippen molar-refractivity contribution in [2.45, 2.75) is 19.4 Å². The van der Waals surface area contributed by atoms with Crippen molar-refractivity contribution in [3.8, 4) is 0 Å². The Morgan fingerprint density at radius 1 is 1.08 bits per heavy atom. The normalized spacial score (nSPS) is 13.8. The number of rotatable bonds is 5. The smallest absolute Gasteiger partial charge is 0.227 e. The van der Waals surface area contributed by atoms with E-state index in [-0.39, 0.29) is 0 Å². The van der Waals surface area contributed by atoms with Gasteiger partial charge in [-0.05, 0) is 13.0 Å². The third kappa shape index (κ3) is 3.96. The summed E-state index contributed by atoms with van der Waals surface area (Å²) in [5, 5.41) is 6.38. The van der Waals surface area contributed by atoms with E-state index in [9.17, 15) is 0 Å². The molecule has 0 aliphatic carbocycles. The second-order valence-electron chi connectivity index (χ2n) is 6.44. The number of nitrogens with one attached hydrogen (secondary N) is 2. The molecular formula is C17H26N8. The van der Waals surface area contributed by atoms with Crippen LogP contribution in [0.3, 0.4) is 0 Å². The molecule has 0 aromatic carbocycles. The first-order chi connectivity index (χ1) is 12.1. The molecule has 0 amide bonds. The van der Waals surface area contributed by atoms with E-state index in [2.05, 4.69) is 32.5 Å². The average molecular weight is 342 g/mol. The Morgan fingerprint density at radius 2 is 1.80 bits per heavy atom. The second-order valence-corrected chi connectivity index (χ2v) is 6.44. The van der Waals surface area contributed by atoms with E-state index in [0.717, 1.165) is 49.0 Å². The highest BCUT2D eigenvalue weighted by Gasteiger charge is 2.20.